The molecule has 2 heterocycles. The zero-order valence-corrected chi connectivity index (χ0v) is 12.3. The molecule has 0 unspecified atom stereocenters. The van der Waals surface area contributed by atoms with Crippen LogP contribution in [0.1, 0.15) is 30.1 Å². The molecule has 0 spiro atoms. The van der Waals surface area contributed by atoms with Crippen molar-refractivity contribution in [3.63, 3.8) is 0 Å². The van der Waals surface area contributed by atoms with Crippen LogP contribution in [0.5, 0.6) is 0 Å². The largest absolute Gasteiger partial charge is 0.338 e. The predicted octanol–water partition coefficient (Wildman–Crippen LogP) is -0.168. The molecule has 0 bridgehead atoms. The third kappa shape index (κ3) is 3.46. The molecule has 0 aliphatic heterocycles. The molecule has 0 saturated heterocycles. The fourth-order valence-electron chi connectivity index (χ4n) is 1.84. The number of hydrogen-bond acceptors (Lipinski definition) is 7. The summed E-state index contributed by atoms with van der Waals surface area (Å²) in [4.78, 5) is 3.94. The summed E-state index contributed by atoms with van der Waals surface area (Å²) >= 11 is 0. The van der Waals surface area contributed by atoms with Crippen molar-refractivity contribution in [2.45, 2.75) is 43.9 Å². The van der Waals surface area contributed by atoms with E-state index in [2.05, 4.69) is 30.4 Å². The zero-order chi connectivity index (χ0) is 14.9. The summed E-state index contributed by atoms with van der Waals surface area (Å²) in [6, 6.07) is 0.491. The number of rotatable bonds is 7. The van der Waals surface area contributed by atoms with E-state index in [1.54, 1.807) is 6.92 Å². The molecular weight excluding hydrogens is 296 g/mol. The number of nitrogens with zero attached hydrogens (tertiary/aromatic N) is 3. The van der Waals surface area contributed by atoms with E-state index in [0.717, 1.165) is 12.8 Å². The van der Waals surface area contributed by atoms with Gasteiger partial charge in [0.2, 0.25) is 5.89 Å². The molecular formula is C11H16N6O3S. The first kappa shape index (κ1) is 14.2. The standard InChI is InChI=1S/C11H16N6O3S/c1-7-15-10(20-17-7)6-14-21(18,19)11-8(5-13-16-11)4-12-9-2-3-9/h5,9,12,14H,2-4,6H2,1H3,(H,13,16). The number of aryl methyl sites for hydroxylation is 1. The van der Waals surface area contributed by atoms with Gasteiger partial charge in [0.25, 0.3) is 10.0 Å². The molecule has 1 fully saturated rings. The molecule has 0 atom stereocenters. The minimum atomic E-state index is -3.70. The Labute approximate surface area is 121 Å². The smallest absolute Gasteiger partial charge is 0.258 e. The predicted molar refractivity (Wildman–Crippen MR) is 71.5 cm³/mol. The zero-order valence-electron chi connectivity index (χ0n) is 11.5. The van der Waals surface area contributed by atoms with Crippen molar-refractivity contribution < 1.29 is 12.9 Å². The third-order valence-electron chi connectivity index (χ3n) is 3.09. The van der Waals surface area contributed by atoms with Gasteiger partial charge < -0.3 is 9.84 Å². The van der Waals surface area contributed by atoms with Crippen molar-refractivity contribution in [3.05, 3.63) is 23.5 Å². The van der Waals surface area contributed by atoms with Gasteiger partial charge in [-0.25, -0.2) is 13.1 Å². The van der Waals surface area contributed by atoms with Crippen molar-refractivity contribution in [2.24, 2.45) is 0 Å². The van der Waals surface area contributed by atoms with Gasteiger partial charge in [0.15, 0.2) is 10.9 Å². The van der Waals surface area contributed by atoms with Gasteiger partial charge in [0.1, 0.15) is 0 Å². The van der Waals surface area contributed by atoms with E-state index in [9.17, 15) is 8.42 Å². The van der Waals surface area contributed by atoms with E-state index in [1.807, 2.05) is 0 Å². The van der Waals surface area contributed by atoms with Crippen LogP contribution in [0.3, 0.4) is 0 Å². The molecule has 1 aliphatic carbocycles. The molecule has 2 aromatic rings. The Hall–Kier alpha value is -1.78. The quantitative estimate of drug-likeness (QED) is 0.648. The minimum Gasteiger partial charge on any atom is -0.338 e. The Morgan fingerprint density at radius 3 is 2.90 bits per heavy atom. The van der Waals surface area contributed by atoms with Crippen LogP contribution in [0.15, 0.2) is 15.7 Å². The lowest BCUT2D eigenvalue weighted by molar-refractivity contribution is 0.372. The second-order valence-electron chi connectivity index (χ2n) is 4.94. The Balaban J connectivity index is 1.67. The molecule has 114 valence electrons. The first-order valence-electron chi connectivity index (χ1n) is 6.59. The topological polar surface area (TPSA) is 126 Å². The van der Waals surface area contributed by atoms with Crippen molar-refractivity contribution in [1.29, 1.82) is 0 Å². The Morgan fingerprint density at radius 1 is 1.43 bits per heavy atom. The number of aromatic amines is 1. The number of nitrogens with one attached hydrogen (secondary N) is 3. The lowest BCUT2D eigenvalue weighted by Gasteiger charge is -2.06. The van der Waals surface area contributed by atoms with E-state index in [-0.39, 0.29) is 17.5 Å². The summed E-state index contributed by atoms with van der Waals surface area (Å²) in [5.41, 5.74) is 0.608. The number of sulfonamides is 1. The van der Waals surface area contributed by atoms with Gasteiger partial charge >= 0.3 is 0 Å². The van der Waals surface area contributed by atoms with E-state index < -0.39 is 10.0 Å². The minimum absolute atomic E-state index is 0.0579. The lowest BCUT2D eigenvalue weighted by Crippen LogP contribution is -2.26. The molecule has 0 amide bonds. The molecule has 0 radical (unpaired) electrons. The Bertz CT molecular complexity index is 718. The Kier molecular flexibility index (Phi) is 3.74. The molecule has 3 N–H and O–H groups in total. The van der Waals surface area contributed by atoms with E-state index in [4.69, 9.17) is 4.52 Å². The van der Waals surface area contributed by atoms with Gasteiger partial charge in [0.05, 0.1) is 12.7 Å². The summed E-state index contributed by atoms with van der Waals surface area (Å²) in [5, 5.41) is 13.3. The van der Waals surface area contributed by atoms with Gasteiger partial charge in [-0.2, -0.15) is 10.1 Å². The third-order valence-corrected chi connectivity index (χ3v) is 4.50. The Morgan fingerprint density at radius 2 is 2.24 bits per heavy atom. The highest BCUT2D eigenvalue weighted by atomic mass is 32.2. The van der Waals surface area contributed by atoms with Gasteiger partial charge in [-0.05, 0) is 19.8 Å². The van der Waals surface area contributed by atoms with Crippen molar-refractivity contribution >= 4 is 10.0 Å². The fourth-order valence-corrected chi connectivity index (χ4v) is 2.94. The highest BCUT2D eigenvalue weighted by molar-refractivity contribution is 7.89. The highest BCUT2D eigenvalue weighted by Gasteiger charge is 2.24. The maximum absolute atomic E-state index is 12.3. The first-order valence-corrected chi connectivity index (χ1v) is 8.07. The molecule has 2 aromatic heterocycles. The molecule has 10 heteroatoms. The maximum Gasteiger partial charge on any atom is 0.258 e. The van der Waals surface area contributed by atoms with Crippen LogP contribution in [0.4, 0.5) is 0 Å². The number of hydrogen-bond donors (Lipinski definition) is 3. The summed E-state index contributed by atoms with van der Waals surface area (Å²) in [6.45, 7) is 2.08. The first-order chi connectivity index (χ1) is 10.0. The molecule has 0 aromatic carbocycles. The summed E-state index contributed by atoms with van der Waals surface area (Å²) in [7, 11) is -3.70. The van der Waals surface area contributed by atoms with Gasteiger partial charge in [0, 0.05) is 18.2 Å². The van der Waals surface area contributed by atoms with E-state index in [0.29, 0.717) is 24.0 Å². The van der Waals surface area contributed by atoms with Gasteiger partial charge in [-0.3, -0.25) is 5.10 Å². The molecule has 3 rings (SSSR count). The highest BCUT2D eigenvalue weighted by Crippen LogP contribution is 2.20. The summed E-state index contributed by atoms with van der Waals surface area (Å²) in [5.74, 6) is 0.674. The molecule has 9 nitrogen and oxygen atoms in total. The second-order valence-corrected chi connectivity index (χ2v) is 6.64. The fraction of sp³-hybridized carbons (Fsp3) is 0.545. The average Bonchev–Trinajstić information content (AvgIpc) is 2.97. The maximum atomic E-state index is 12.3. The average molecular weight is 312 g/mol. The summed E-state index contributed by atoms with van der Waals surface area (Å²) in [6.07, 6.45) is 3.78. The van der Waals surface area contributed by atoms with Crippen LogP contribution in [0.2, 0.25) is 0 Å². The van der Waals surface area contributed by atoms with Crippen LogP contribution in [0.25, 0.3) is 0 Å². The van der Waals surface area contributed by atoms with Crippen LogP contribution in [-0.4, -0.2) is 34.8 Å². The number of aromatic nitrogens is 4. The molecule has 1 saturated carbocycles. The number of H-pyrrole nitrogens is 1. The van der Waals surface area contributed by atoms with E-state index in [1.165, 1.54) is 6.20 Å². The van der Waals surface area contributed by atoms with Gasteiger partial charge in [-0.15, -0.1) is 0 Å². The normalized spacial score (nSPS) is 15.5. The van der Waals surface area contributed by atoms with Crippen molar-refractivity contribution in [3.8, 4) is 0 Å². The van der Waals surface area contributed by atoms with Crippen LogP contribution < -0.4 is 10.0 Å². The van der Waals surface area contributed by atoms with Crippen LogP contribution in [0, 0.1) is 6.92 Å². The SMILES string of the molecule is Cc1noc(CNS(=O)(=O)c2[nH]ncc2CNC2CC2)n1. The summed E-state index contributed by atoms with van der Waals surface area (Å²) < 4.78 is 31.8. The van der Waals surface area contributed by atoms with Crippen molar-refractivity contribution in [2.75, 3.05) is 0 Å². The molecule has 1 aliphatic rings. The monoisotopic (exact) mass is 312 g/mol. The second kappa shape index (κ2) is 5.54. The van der Waals surface area contributed by atoms with Crippen LogP contribution >= 0.6 is 0 Å². The van der Waals surface area contributed by atoms with Gasteiger partial charge in [-0.1, -0.05) is 5.16 Å². The molecule has 21 heavy (non-hydrogen) atoms. The van der Waals surface area contributed by atoms with Crippen molar-refractivity contribution in [1.82, 2.24) is 30.4 Å². The van der Waals surface area contributed by atoms with E-state index >= 15 is 0 Å². The van der Waals surface area contributed by atoms with Crippen LogP contribution in [-0.2, 0) is 23.1 Å². The lowest BCUT2D eigenvalue weighted by atomic mass is 10.3.